The van der Waals surface area contributed by atoms with Crippen LogP contribution in [0.1, 0.15) is 47.5 Å². The van der Waals surface area contributed by atoms with Crippen molar-refractivity contribution >= 4 is 6.09 Å². The summed E-state index contributed by atoms with van der Waals surface area (Å²) < 4.78 is 10.7. The molecule has 0 rings (SSSR count). The molecule has 0 bridgehead atoms. The Bertz CT molecular complexity index is 350. The van der Waals surface area contributed by atoms with Crippen molar-refractivity contribution in [2.24, 2.45) is 5.11 Å². The Hall–Kier alpha value is -1.46. The highest BCUT2D eigenvalue weighted by molar-refractivity contribution is 5.68. The second-order valence-corrected chi connectivity index (χ2v) is 5.81. The van der Waals surface area contributed by atoms with Crippen molar-refractivity contribution in [2.45, 2.75) is 58.6 Å². The Morgan fingerprint density at radius 1 is 1.30 bits per heavy atom. The average molecular weight is 286 g/mol. The molecule has 0 fully saturated rings. The van der Waals surface area contributed by atoms with E-state index in [0.717, 1.165) is 6.42 Å². The highest BCUT2D eigenvalue weighted by Gasteiger charge is 2.23. The average Bonchev–Trinajstić information content (AvgIpc) is 2.33. The quantitative estimate of drug-likeness (QED) is 0.304. The molecule has 0 aromatic carbocycles. The fraction of sp³-hybridized carbons (Fsp3) is 0.923. The van der Waals surface area contributed by atoms with Gasteiger partial charge in [-0.05, 0) is 46.1 Å². The fourth-order valence-corrected chi connectivity index (χ4v) is 1.28. The zero-order valence-electron chi connectivity index (χ0n) is 13.1. The summed E-state index contributed by atoms with van der Waals surface area (Å²) in [7, 11) is 0. The minimum absolute atomic E-state index is 0.0747. The lowest BCUT2D eigenvalue weighted by molar-refractivity contribution is -0.0274. The van der Waals surface area contributed by atoms with Crippen molar-refractivity contribution in [3.8, 4) is 0 Å². The van der Waals surface area contributed by atoms with Gasteiger partial charge in [-0.3, -0.25) is 0 Å². The number of carbonyl (C=O) groups is 1. The number of ether oxygens (including phenoxy) is 2. The number of carbonyl (C=O) groups excluding carboxylic acids is 1. The van der Waals surface area contributed by atoms with Crippen LogP contribution in [0.3, 0.4) is 0 Å². The van der Waals surface area contributed by atoms with Crippen LogP contribution in [0.15, 0.2) is 5.11 Å². The predicted molar refractivity (Wildman–Crippen MR) is 77.5 cm³/mol. The van der Waals surface area contributed by atoms with E-state index < -0.39 is 11.6 Å². The van der Waals surface area contributed by atoms with E-state index in [1.807, 2.05) is 27.7 Å². The third kappa shape index (κ3) is 9.47. The number of azide groups is 1. The summed E-state index contributed by atoms with van der Waals surface area (Å²) >= 11 is 0. The van der Waals surface area contributed by atoms with Gasteiger partial charge in [0.2, 0.25) is 0 Å². The molecule has 1 N–H and O–H groups in total. The van der Waals surface area contributed by atoms with E-state index in [2.05, 4.69) is 22.3 Å². The maximum absolute atomic E-state index is 11.5. The number of nitrogens with zero attached hydrogens (tertiary/aromatic N) is 3. The van der Waals surface area contributed by atoms with E-state index in [0.29, 0.717) is 13.0 Å². The number of hydrogen-bond donors (Lipinski definition) is 1. The molecule has 0 saturated carbocycles. The van der Waals surface area contributed by atoms with Gasteiger partial charge in [-0.25, -0.2) is 4.79 Å². The molecule has 0 aliphatic carbocycles. The van der Waals surface area contributed by atoms with Crippen LogP contribution in [0.5, 0.6) is 0 Å². The molecule has 7 nitrogen and oxygen atoms in total. The first-order valence-electron chi connectivity index (χ1n) is 6.82. The van der Waals surface area contributed by atoms with Crippen LogP contribution >= 0.6 is 0 Å². The van der Waals surface area contributed by atoms with Gasteiger partial charge in [0.25, 0.3) is 0 Å². The highest BCUT2D eigenvalue weighted by atomic mass is 16.5. The van der Waals surface area contributed by atoms with Crippen LogP contribution in [-0.4, -0.2) is 37.0 Å². The van der Waals surface area contributed by atoms with Gasteiger partial charge in [-0.15, -0.1) is 0 Å². The number of amides is 1. The van der Waals surface area contributed by atoms with Crippen molar-refractivity contribution in [1.29, 1.82) is 0 Å². The van der Waals surface area contributed by atoms with Crippen molar-refractivity contribution in [3.05, 3.63) is 10.4 Å². The molecule has 116 valence electrons. The maximum atomic E-state index is 11.5. The Labute approximate surface area is 120 Å². The van der Waals surface area contributed by atoms with Crippen LogP contribution in [0.4, 0.5) is 4.79 Å². The van der Waals surface area contributed by atoms with E-state index in [1.165, 1.54) is 0 Å². The molecule has 1 amide bonds. The van der Waals surface area contributed by atoms with E-state index >= 15 is 0 Å². The second kappa shape index (κ2) is 8.66. The second-order valence-electron chi connectivity index (χ2n) is 5.81. The van der Waals surface area contributed by atoms with Crippen LogP contribution < -0.4 is 5.32 Å². The van der Waals surface area contributed by atoms with E-state index in [1.54, 1.807) is 0 Å². The number of nitrogens with one attached hydrogen (secondary N) is 1. The third-order valence-electron chi connectivity index (χ3n) is 3.00. The van der Waals surface area contributed by atoms with Gasteiger partial charge in [0.15, 0.2) is 0 Å². The van der Waals surface area contributed by atoms with Crippen molar-refractivity contribution in [1.82, 2.24) is 5.32 Å². The Kier molecular flexibility index (Phi) is 8.03. The minimum Gasteiger partial charge on any atom is -0.449 e. The largest absolute Gasteiger partial charge is 0.449 e. The summed E-state index contributed by atoms with van der Waals surface area (Å²) in [6, 6.07) is 0. The molecule has 0 aliphatic rings. The predicted octanol–water partition coefficient (Wildman–Crippen LogP) is 3.40. The third-order valence-corrected chi connectivity index (χ3v) is 3.00. The summed E-state index contributed by atoms with van der Waals surface area (Å²) in [5.74, 6) is 0. The summed E-state index contributed by atoms with van der Waals surface area (Å²) in [5.41, 5.74) is 7.53. The normalized spacial score (nSPS) is 11.7. The molecule has 0 aromatic heterocycles. The van der Waals surface area contributed by atoms with Crippen molar-refractivity contribution < 1.29 is 14.3 Å². The zero-order valence-corrected chi connectivity index (χ0v) is 13.1. The van der Waals surface area contributed by atoms with Gasteiger partial charge in [0.1, 0.15) is 0 Å². The first-order valence-corrected chi connectivity index (χ1v) is 6.82. The lowest BCUT2D eigenvalue weighted by Crippen LogP contribution is -2.45. The zero-order chi connectivity index (χ0) is 15.6. The monoisotopic (exact) mass is 286 g/mol. The number of alkyl carbamates (subject to hydrolysis) is 1. The SMILES string of the molecule is CCC(C)(C)OCCC(C)(C)NC(=O)OCCN=[N+]=[N-]. The van der Waals surface area contributed by atoms with Crippen LogP contribution in [0.25, 0.3) is 10.4 Å². The molecule has 0 saturated heterocycles. The van der Waals surface area contributed by atoms with Gasteiger partial charge < -0.3 is 14.8 Å². The molecular weight excluding hydrogens is 260 g/mol. The van der Waals surface area contributed by atoms with Crippen molar-refractivity contribution in [2.75, 3.05) is 19.8 Å². The first kappa shape index (κ1) is 18.5. The van der Waals surface area contributed by atoms with E-state index in [-0.39, 0.29) is 18.8 Å². The summed E-state index contributed by atoms with van der Waals surface area (Å²) in [5, 5.41) is 6.04. The van der Waals surface area contributed by atoms with Crippen molar-refractivity contribution in [3.63, 3.8) is 0 Å². The molecule has 0 unspecified atom stereocenters. The Morgan fingerprint density at radius 3 is 2.50 bits per heavy atom. The van der Waals surface area contributed by atoms with Gasteiger partial charge in [-0.2, -0.15) is 0 Å². The molecule has 0 spiro atoms. The minimum atomic E-state index is -0.516. The fourth-order valence-electron chi connectivity index (χ4n) is 1.28. The highest BCUT2D eigenvalue weighted by Crippen LogP contribution is 2.16. The number of hydrogen-bond acceptors (Lipinski definition) is 4. The lowest BCUT2D eigenvalue weighted by atomic mass is 10.0. The molecular formula is C13H26N4O3. The molecule has 20 heavy (non-hydrogen) atoms. The summed E-state index contributed by atoms with van der Waals surface area (Å²) in [4.78, 5) is 14.1. The molecule has 0 heterocycles. The molecule has 7 heteroatoms. The summed E-state index contributed by atoms with van der Waals surface area (Å²) in [6.45, 7) is 10.7. The van der Waals surface area contributed by atoms with Crippen LogP contribution in [-0.2, 0) is 9.47 Å². The first-order chi connectivity index (χ1) is 9.22. The van der Waals surface area contributed by atoms with E-state index in [4.69, 9.17) is 15.0 Å². The topological polar surface area (TPSA) is 96.3 Å². The van der Waals surface area contributed by atoms with Crippen LogP contribution in [0, 0.1) is 0 Å². The maximum Gasteiger partial charge on any atom is 0.407 e. The smallest absolute Gasteiger partial charge is 0.407 e. The van der Waals surface area contributed by atoms with Gasteiger partial charge >= 0.3 is 6.09 Å². The standard InChI is InChI=1S/C13H26N4O3/c1-6-13(4,5)20-9-7-12(2,3)16-11(18)19-10-8-15-17-14/h6-10H2,1-5H3,(H,16,18). The molecule has 0 aromatic rings. The van der Waals surface area contributed by atoms with Crippen LogP contribution in [0.2, 0.25) is 0 Å². The summed E-state index contributed by atoms with van der Waals surface area (Å²) in [6.07, 6.45) is 1.10. The molecule has 0 atom stereocenters. The van der Waals surface area contributed by atoms with Gasteiger partial charge in [0, 0.05) is 17.1 Å². The van der Waals surface area contributed by atoms with Gasteiger partial charge in [-0.1, -0.05) is 12.0 Å². The molecule has 0 radical (unpaired) electrons. The number of rotatable bonds is 9. The molecule has 0 aliphatic heterocycles. The van der Waals surface area contributed by atoms with Gasteiger partial charge in [0.05, 0.1) is 18.8 Å². The Balaban J connectivity index is 3.99. The Morgan fingerprint density at radius 2 is 1.95 bits per heavy atom. The van der Waals surface area contributed by atoms with E-state index in [9.17, 15) is 4.79 Å². The lowest BCUT2D eigenvalue weighted by Gasteiger charge is -2.29.